The molecule has 30 heavy (non-hydrogen) atoms. The van der Waals surface area contributed by atoms with E-state index in [2.05, 4.69) is 17.1 Å². The summed E-state index contributed by atoms with van der Waals surface area (Å²) in [6, 6.07) is 7.30. The first-order chi connectivity index (χ1) is 14.1. The van der Waals surface area contributed by atoms with Crippen molar-refractivity contribution in [1.82, 2.24) is 19.7 Å². The van der Waals surface area contributed by atoms with Gasteiger partial charge in [-0.2, -0.15) is 0 Å². The van der Waals surface area contributed by atoms with Crippen molar-refractivity contribution in [1.29, 1.82) is 0 Å². The van der Waals surface area contributed by atoms with Gasteiger partial charge in [0.15, 0.2) is 11.0 Å². The molecule has 164 valence electrons. The minimum Gasteiger partial charge on any atom is -0.342 e. The molecule has 0 spiro atoms. The van der Waals surface area contributed by atoms with E-state index in [1.54, 1.807) is 23.7 Å². The molecule has 1 saturated heterocycles. The summed E-state index contributed by atoms with van der Waals surface area (Å²) in [5.41, 5.74) is 1.63. The Balaban J connectivity index is 1.67. The Morgan fingerprint density at radius 3 is 2.43 bits per heavy atom. The number of piperidine rings is 1. The summed E-state index contributed by atoms with van der Waals surface area (Å²) in [4.78, 5) is 14.4. The van der Waals surface area contributed by atoms with Crippen LogP contribution >= 0.6 is 11.8 Å². The molecule has 1 fully saturated rings. The first kappa shape index (κ1) is 22.6. The van der Waals surface area contributed by atoms with E-state index in [1.807, 2.05) is 24.0 Å². The number of likely N-dealkylation sites (tertiary alicyclic amines) is 1. The van der Waals surface area contributed by atoms with E-state index in [-0.39, 0.29) is 12.5 Å². The first-order valence-corrected chi connectivity index (χ1v) is 12.8. The van der Waals surface area contributed by atoms with Crippen LogP contribution in [0, 0.1) is 12.8 Å². The molecule has 0 N–H and O–H groups in total. The fourth-order valence-electron chi connectivity index (χ4n) is 3.32. The van der Waals surface area contributed by atoms with E-state index in [0.717, 1.165) is 31.5 Å². The first-order valence-electron chi connectivity index (χ1n) is 9.98. The molecule has 10 heteroatoms. The highest BCUT2D eigenvalue weighted by molar-refractivity contribution is 7.99. The van der Waals surface area contributed by atoms with Crippen LogP contribution in [0.15, 0.2) is 29.4 Å². The topological polar surface area (TPSA) is 88.4 Å². The van der Waals surface area contributed by atoms with Crippen molar-refractivity contribution < 1.29 is 13.2 Å². The number of thioether (sulfide) groups is 1. The van der Waals surface area contributed by atoms with Gasteiger partial charge in [-0.15, -0.1) is 10.2 Å². The lowest BCUT2D eigenvalue weighted by molar-refractivity contribution is -0.129. The predicted octanol–water partition coefficient (Wildman–Crippen LogP) is 2.44. The van der Waals surface area contributed by atoms with Gasteiger partial charge in [0, 0.05) is 20.1 Å². The van der Waals surface area contributed by atoms with Crippen molar-refractivity contribution in [3.8, 4) is 0 Å². The fraction of sp³-hybridized carbons (Fsp3) is 0.550. The van der Waals surface area contributed by atoms with Gasteiger partial charge in [-0.25, -0.2) is 8.42 Å². The summed E-state index contributed by atoms with van der Waals surface area (Å²) in [6.07, 6.45) is 3.27. The molecular formula is C20H29N5O3S2. The predicted molar refractivity (Wildman–Crippen MR) is 119 cm³/mol. The van der Waals surface area contributed by atoms with E-state index in [4.69, 9.17) is 0 Å². The van der Waals surface area contributed by atoms with Crippen LogP contribution in [0.1, 0.15) is 31.2 Å². The van der Waals surface area contributed by atoms with Crippen molar-refractivity contribution in [3.05, 3.63) is 35.7 Å². The highest BCUT2D eigenvalue weighted by Gasteiger charge is 2.23. The highest BCUT2D eigenvalue weighted by Crippen LogP contribution is 2.23. The molecule has 0 aliphatic carbocycles. The number of benzene rings is 1. The normalized spacial score (nSPS) is 15.4. The maximum atomic E-state index is 12.5. The average Bonchev–Trinajstić information content (AvgIpc) is 3.04. The molecule has 1 aromatic carbocycles. The third kappa shape index (κ3) is 5.54. The second-order valence-electron chi connectivity index (χ2n) is 7.91. The molecule has 3 rings (SSSR count). The van der Waals surface area contributed by atoms with E-state index in [9.17, 15) is 13.2 Å². The van der Waals surface area contributed by atoms with Gasteiger partial charge in [0.1, 0.15) is 0 Å². The number of amides is 1. The Kier molecular flexibility index (Phi) is 7.07. The molecule has 8 nitrogen and oxygen atoms in total. The number of anilines is 1. The molecule has 0 unspecified atom stereocenters. The van der Waals surface area contributed by atoms with Crippen LogP contribution in [0.2, 0.25) is 0 Å². The summed E-state index contributed by atoms with van der Waals surface area (Å²) in [5, 5.41) is 8.94. The van der Waals surface area contributed by atoms with Crippen LogP contribution in [0.4, 0.5) is 5.69 Å². The Morgan fingerprint density at radius 1 is 1.20 bits per heavy atom. The zero-order valence-electron chi connectivity index (χ0n) is 17.9. The Morgan fingerprint density at radius 2 is 1.83 bits per heavy atom. The number of aryl methyl sites for hydroxylation is 1. The van der Waals surface area contributed by atoms with E-state index in [0.29, 0.717) is 28.3 Å². The number of nitrogens with zero attached hydrogens (tertiary/aromatic N) is 5. The molecular weight excluding hydrogens is 422 g/mol. The van der Waals surface area contributed by atoms with Crippen LogP contribution in [0.3, 0.4) is 0 Å². The Hall–Kier alpha value is -2.07. The van der Waals surface area contributed by atoms with Crippen LogP contribution in [0.25, 0.3) is 0 Å². The Bertz CT molecular complexity index is 980. The number of carbonyl (C=O) groups excluding carboxylic acids is 1. The number of aromatic nitrogens is 3. The number of sulfonamides is 1. The SMILES string of the molecule is Cc1ccc(N(Cc2nnc(SCC(=O)N3CCC(C)CC3)n2C)S(C)(=O)=O)cc1. The monoisotopic (exact) mass is 451 g/mol. The molecule has 0 bridgehead atoms. The lowest BCUT2D eigenvalue weighted by Gasteiger charge is -2.30. The zero-order valence-corrected chi connectivity index (χ0v) is 19.5. The molecule has 1 aliphatic rings. The van der Waals surface area contributed by atoms with Crippen molar-refractivity contribution >= 4 is 33.4 Å². The zero-order chi connectivity index (χ0) is 21.9. The van der Waals surface area contributed by atoms with Gasteiger partial charge in [-0.3, -0.25) is 9.10 Å². The van der Waals surface area contributed by atoms with Gasteiger partial charge in [0.25, 0.3) is 0 Å². The van der Waals surface area contributed by atoms with Crippen LogP contribution in [-0.2, 0) is 28.4 Å². The van der Waals surface area contributed by atoms with Gasteiger partial charge in [0.05, 0.1) is 24.2 Å². The van der Waals surface area contributed by atoms with Crippen molar-refractivity contribution in [2.24, 2.45) is 13.0 Å². The van der Waals surface area contributed by atoms with Crippen molar-refractivity contribution in [3.63, 3.8) is 0 Å². The standard InChI is InChI=1S/C20H29N5O3S2/c1-15-5-7-17(8-6-15)25(30(4,27)28)13-18-21-22-20(23(18)3)29-14-19(26)24-11-9-16(2)10-12-24/h5-8,16H,9-14H2,1-4H3. The molecule has 0 atom stereocenters. The van der Waals surface area contributed by atoms with Gasteiger partial charge in [0.2, 0.25) is 15.9 Å². The van der Waals surface area contributed by atoms with Gasteiger partial charge in [-0.1, -0.05) is 36.4 Å². The lowest BCUT2D eigenvalue weighted by atomic mass is 9.99. The summed E-state index contributed by atoms with van der Waals surface area (Å²) in [7, 11) is -1.70. The van der Waals surface area contributed by atoms with Crippen molar-refractivity contribution in [2.75, 3.05) is 29.4 Å². The van der Waals surface area contributed by atoms with Crippen molar-refractivity contribution in [2.45, 2.75) is 38.4 Å². The summed E-state index contributed by atoms with van der Waals surface area (Å²) >= 11 is 1.33. The second-order valence-corrected chi connectivity index (χ2v) is 10.8. The molecule has 0 radical (unpaired) electrons. The second kappa shape index (κ2) is 9.38. The molecule has 1 amide bonds. The van der Waals surface area contributed by atoms with Gasteiger partial charge < -0.3 is 9.47 Å². The minimum atomic E-state index is -3.50. The summed E-state index contributed by atoms with van der Waals surface area (Å²) in [5.74, 6) is 1.60. The van der Waals surface area contributed by atoms with Gasteiger partial charge >= 0.3 is 0 Å². The van der Waals surface area contributed by atoms with Gasteiger partial charge in [-0.05, 0) is 37.8 Å². The molecule has 0 saturated carbocycles. The average molecular weight is 452 g/mol. The maximum Gasteiger partial charge on any atom is 0.233 e. The fourth-order valence-corrected chi connectivity index (χ4v) is 5.01. The third-order valence-electron chi connectivity index (χ3n) is 5.39. The number of hydrogen-bond acceptors (Lipinski definition) is 6. The quantitative estimate of drug-likeness (QED) is 0.601. The highest BCUT2D eigenvalue weighted by atomic mass is 32.2. The lowest BCUT2D eigenvalue weighted by Crippen LogP contribution is -2.38. The Labute approximate surface area is 182 Å². The van der Waals surface area contributed by atoms with Crippen LogP contribution in [-0.4, -0.2) is 59.1 Å². The van der Waals surface area contributed by atoms with Crippen LogP contribution < -0.4 is 4.31 Å². The molecule has 1 aliphatic heterocycles. The molecule has 1 aromatic heterocycles. The number of rotatable bonds is 7. The number of hydrogen-bond donors (Lipinski definition) is 0. The maximum absolute atomic E-state index is 12.5. The van der Waals surface area contributed by atoms with Crippen LogP contribution in [0.5, 0.6) is 0 Å². The summed E-state index contributed by atoms with van der Waals surface area (Å²) in [6.45, 7) is 5.86. The molecule has 2 aromatic rings. The summed E-state index contributed by atoms with van der Waals surface area (Å²) < 4.78 is 27.8. The van der Waals surface area contributed by atoms with E-state index >= 15 is 0 Å². The van der Waals surface area contributed by atoms with E-state index in [1.165, 1.54) is 22.3 Å². The third-order valence-corrected chi connectivity index (χ3v) is 7.54. The van der Waals surface area contributed by atoms with E-state index < -0.39 is 10.0 Å². The smallest absolute Gasteiger partial charge is 0.233 e. The molecule has 2 heterocycles. The largest absolute Gasteiger partial charge is 0.342 e. The minimum absolute atomic E-state index is 0.0733. The number of carbonyl (C=O) groups is 1.